The first-order chi connectivity index (χ1) is 7.60. The lowest BCUT2D eigenvalue weighted by Gasteiger charge is -2.61. The van der Waals surface area contributed by atoms with Gasteiger partial charge in [-0.15, -0.1) is 0 Å². The molecule has 92 valence electrons. The first-order valence-electron chi connectivity index (χ1n) is 6.27. The van der Waals surface area contributed by atoms with Crippen LogP contribution in [0.4, 0.5) is 0 Å². The molecule has 3 atom stereocenters. The van der Waals surface area contributed by atoms with Gasteiger partial charge in [-0.25, -0.2) is 0 Å². The Balaban J connectivity index is 1.91. The van der Waals surface area contributed by atoms with Gasteiger partial charge in [0.25, 0.3) is 0 Å². The quantitative estimate of drug-likeness (QED) is 0.728. The fourth-order valence-electron chi connectivity index (χ4n) is 3.06. The average molecular weight is 226 g/mol. The molecule has 2 saturated carbocycles. The van der Waals surface area contributed by atoms with E-state index in [-0.39, 0.29) is 11.9 Å². The Morgan fingerprint density at radius 3 is 2.75 bits per heavy atom. The monoisotopic (exact) mass is 226 g/mol. The van der Waals surface area contributed by atoms with Crippen LogP contribution in [0.3, 0.4) is 0 Å². The molecule has 0 aliphatic heterocycles. The molecule has 0 aromatic heterocycles. The van der Waals surface area contributed by atoms with Crippen LogP contribution in [-0.4, -0.2) is 30.7 Å². The largest absolute Gasteiger partial charge is 0.378 e. The fourth-order valence-corrected chi connectivity index (χ4v) is 3.06. The minimum Gasteiger partial charge on any atom is -0.378 e. The van der Waals surface area contributed by atoms with E-state index >= 15 is 0 Å². The van der Waals surface area contributed by atoms with E-state index in [0.29, 0.717) is 17.6 Å². The van der Waals surface area contributed by atoms with Crippen LogP contribution < -0.4 is 11.1 Å². The predicted molar refractivity (Wildman–Crippen MR) is 61.9 cm³/mol. The zero-order valence-corrected chi connectivity index (χ0v) is 10.2. The van der Waals surface area contributed by atoms with Crippen LogP contribution in [0.2, 0.25) is 0 Å². The number of carbonyl (C=O) groups excluding carboxylic acids is 1. The van der Waals surface area contributed by atoms with Gasteiger partial charge < -0.3 is 15.8 Å². The van der Waals surface area contributed by atoms with Gasteiger partial charge in [-0.2, -0.15) is 0 Å². The summed E-state index contributed by atoms with van der Waals surface area (Å²) in [4.78, 5) is 11.0. The molecular formula is C12H22N2O2. The summed E-state index contributed by atoms with van der Waals surface area (Å²) in [6.45, 7) is 4.66. The maximum Gasteiger partial charge on any atom is 0.234 e. The molecule has 0 bridgehead atoms. The van der Waals surface area contributed by atoms with E-state index in [0.717, 1.165) is 13.0 Å². The van der Waals surface area contributed by atoms with Crippen molar-refractivity contribution in [1.29, 1.82) is 0 Å². The van der Waals surface area contributed by atoms with Crippen molar-refractivity contribution in [2.75, 3.05) is 6.61 Å². The molecule has 3 N–H and O–H groups in total. The lowest BCUT2D eigenvalue weighted by molar-refractivity contribution is -0.175. The second kappa shape index (κ2) is 4.34. The summed E-state index contributed by atoms with van der Waals surface area (Å²) in [5.74, 6) is -0.269. The molecule has 3 unspecified atom stereocenters. The first-order valence-corrected chi connectivity index (χ1v) is 6.27. The molecule has 4 nitrogen and oxygen atoms in total. The molecule has 2 rings (SSSR count). The fraction of sp³-hybridized carbons (Fsp3) is 0.917. The number of carbonyl (C=O) groups is 1. The van der Waals surface area contributed by atoms with Gasteiger partial charge in [0.05, 0.1) is 12.1 Å². The van der Waals surface area contributed by atoms with Gasteiger partial charge in [0, 0.05) is 18.1 Å². The minimum atomic E-state index is -0.269. The molecule has 0 radical (unpaired) electrons. The lowest BCUT2D eigenvalue weighted by atomic mass is 9.51. The van der Waals surface area contributed by atoms with Gasteiger partial charge in [-0.3, -0.25) is 4.79 Å². The third-order valence-corrected chi connectivity index (χ3v) is 4.32. The maximum absolute atomic E-state index is 11.0. The second-order valence-electron chi connectivity index (χ2n) is 5.11. The third-order valence-electron chi connectivity index (χ3n) is 4.32. The van der Waals surface area contributed by atoms with Crippen molar-refractivity contribution in [1.82, 2.24) is 5.32 Å². The number of hydrogen-bond acceptors (Lipinski definition) is 3. The summed E-state index contributed by atoms with van der Waals surface area (Å²) in [6.07, 6.45) is 5.14. The Kier molecular flexibility index (Phi) is 3.22. The van der Waals surface area contributed by atoms with Gasteiger partial charge in [0.15, 0.2) is 0 Å². The number of nitrogens with two attached hydrogens (primary N) is 1. The van der Waals surface area contributed by atoms with Gasteiger partial charge in [0.1, 0.15) is 0 Å². The van der Waals surface area contributed by atoms with E-state index in [2.05, 4.69) is 5.32 Å². The van der Waals surface area contributed by atoms with Crippen LogP contribution in [-0.2, 0) is 9.53 Å². The molecular weight excluding hydrogens is 204 g/mol. The standard InChI is InChI=1S/C12H22N2O2/c1-3-16-10-7-9(12(10)5-4-6-12)14-8(2)11(13)15/h8-10,14H,3-7H2,1-2H3,(H2,13,15). The average Bonchev–Trinajstić information content (AvgIpc) is 2.12. The van der Waals surface area contributed by atoms with E-state index in [1.54, 1.807) is 0 Å². The molecule has 0 heterocycles. The SMILES string of the molecule is CCOC1CC(NC(C)C(N)=O)C12CCC2. The Labute approximate surface area is 96.9 Å². The predicted octanol–water partition coefficient (Wildman–Crippen LogP) is 0.797. The van der Waals surface area contributed by atoms with E-state index in [4.69, 9.17) is 10.5 Å². The van der Waals surface area contributed by atoms with Crippen molar-refractivity contribution in [2.45, 2.75) is 57.7 Å². The summed E-state index contributed by atoms with van der Waals surface area (Å²) < 4.78 is 5.75. The van der Waals surface area contributed by atoms with Crippen molar-refractivity contribution in [2.24, 2.45) is 11.1 Å². The Bertz CT molecular complexity index is 276. The van der Waals surface area contributed by atoms with Crippen LogP contribution in [0.25, 0.3) is 0 Å². The smallest absolute Gasteiger partial charge is 0.234 e. The number of rotatable bonds is 5. The van der Waals surface area contributed by atoms with Crippen LogP contribution in [0, 0.1) is 5.41 Å². The van der Waals surface area contributed by atoms with Crippen LogP contribution in [0.5, 0.6) is 0 Å². The molecule has 2 fully saturated rings. The molecule has 1 spiro atoms. The van der Waals surface area contributed by atoms with E-state index in [9.17, 15) is 4.79 Å². The molecule has 4 heteroatoms. The molecule has 1 amide bonds. The number of amides is 1. The highest BCUT2D eigenvalue weighted by molar-refractivity contribution is 5.79. The van der Waals surface area contributed by atoms with Gasteiger partial charge in [-0.05, 0) is 33.1 Å². The van der Waals surface area contributed by atoms with Crippen molar-refractivity contribution in [3.8, 4) is 0 Å². The molecule has 2 aliphatic rings. The number of nitrogens with one attached hydrogen (secondary N) is 1. The summed E-state index contributed by atoms with van der Waals surface area (Å²) in [5, 5.41) is 3.34. The summed E-state index contributed by atoms with van der Waals surface area (Å²) in [5.41, 5.74) is 5.58. The number of hydrogen-bond donors (Lipinski definition) is 2. The Morgan fingerprint density at radius 1 is 1.62 bits per heavy atom. The van der Waals surface area contributed by atoms with Crippen molar-refractivity contribution < 1.29 is 9.53 Å². The Morgan fingerprint density at radius 2 is 2.31 bits per heavy atom. The summed E-state index contributed by atoms with van der Waals surface area (Å²) >= 11 is 0. The van der Waals surface area contributed by atoms with Crippen molar-refractivity contribution in [3.63, 3.8) is 0 Å². The zero-order valence-electron chi connectivity index (χ0n) is 10.2. The summed E-state index contributed by atoms with van der Waals surface area (Å²) in [6, 6.07) is 0.186. The molecule has 0 aromatic rings. The lowest BCUT2D eigenvalue weighted by Crippen LogP contribution is -2.68. The molecule has 2 aliphatic carbocycles. The van der Waals surface area contributed by atoms with E-state index in [1.807, 2.05) is 13.8 Å². The van der Waals surface area contributed by atoms with Crippen molar-refractivity contribution in [3.05, 3.63) is 0 Å². The van der Waals surface area contributed by atoms with Gasteiger partial charge in [0.2, 0.25) is 5.91 Å². The zero-order chi connectivity index (χ0) is 11.8. The topological polar surface area (TPSA) is 64.3 Å². The first kappa shape index (κ1) is 11.9. The van der Waals surface area contributed by atoms with Gasteiger partial charge >= 0.3 is 0 Å². The van der Waals surface area contributed by atoms with E-state index in [1.165, 1.54) is 19.3 Å². The minimum absolute atomic E-state index is 0.231. The van der Waals surface area contributed by atoms with Crippen molar-refractivity contribution >= 4 is 5.91 Å². The molecule has 0 saturated heterocycles. The summed E-state index contributed by atoms with van der Waals surface area (Å²) in [7, 11) is 0. The third kappa shape index (κ3) is 1.74. The molecule has 0 aromatic carbocycles. The van der Waals surface area contributed by atoms with Crippen LogP contribution in [0.15, 0.2) is 0 Å². The maximum atomic E-state index is 11.0. The number of primary amides is 1. The highest BCUT2D eigenvalue weighted by Crippen LogP contribution is 2.57. The highest BCUT2D eigenvalue weighted by atomic mass is 16.5. The van der Waals surface area contributed by atoms with Crippen LogP contribution >= 0.6 is 0 Å². The molecule has 16 heavy (non-hydrogen) atoms. The second-order valence-corrected chi connectivity index (χ2v) is 5.11. The van der Waals surface area contributed by atoms with E-state index < -0.39 is 0 Å². The van der Waals surface area contributed by atoms with Gasteiger partial charge in [-0.1, -0.05) is 6.42 Å². The normalized spacial score (nSPS) is 32.9. The highest BCUT2D eigenvalue weighted by Gasteiger charge is 2.58. The van der Waals surface area contributed by atoms with Crippen LogP contribution in [0.1, 0.15) is 39.5 Å². The number of ether oxygens (including phenoxy) is 1. The Hall–Kier alpha value is -0.610.